The van der Waals surface area contributed by atoms with Gasteiger partial charge in [-0.3, -0.25) is 4.79 Å². The van der Waals surface area contributed by atoms with E-state index in [0.717, 1.165) is 32.5 Å². The molecule has 0 bridgehead atoms. The number of pyridine rings is 1. The van der Waals surface area contributed by atoms with Crippen molar-refractivity contribution >= 4 is 28.9 Å². The van der Waals surface area contributed by atoms with Crippen LogP contribution in [0, 0.1) is 17.2 Å². The minimum absolute atomic E-state index is 0.125. The number of phenols is 1. The summed E-state index contributed by atoms with van der Waals surface area (Å²) >= 11 is 0. The number of anilines is 4. The Bertz CT molecular complexity index is 1140. The maximum absolute atomic E-state index is 13.0. The summed E-state index contributed by atoms with van der Waals surface area (Å²) in [6.45, 7) is 2.71. The summed E-state index contributed by atoms with van der Waals surface area (Å²) in [5.74, 6) is 1.24. The zero-order valence-corrected chi connectivity index (χ0v) is 17.9. The fraction of sp³-hybridized carbons (Fsp3) is 0.261. The van der Waals surface area contributed by atoms with Crippen molar-refractivity contribution in [1.82, 2.24) is 20.3 Å². The number of aromatic nitrogens is 3. The lowest BCUT2D eigenvalue weighted by atomic mass is 9.98. The molecule has 0 aliphatic carbocycles. The number of nitrogens with one attached hydrogen (secondary N) is 4. The fourth-order valence-electron chi connectivity index (χ4n) is 3.52. The molecule has 33 heavy (non-hydrogen) atoms. The van der Waals surface area contributed by atoms with E-state index in [0.29, 0.717) is 34.5 Å². The monoisotopic (exact) mass is 444 g/mol. The zero-order chi connectivity index (χ0) is 23.0. The third kappa shape index (κ3) is 5.93. The van der Waals surface area contributed by atoms with Crippen LogP contribution < -0.4 is 21.3 Å². The van der Waals surface area contributed by atoms with Crippen molar-refractivity contribution in [1.29, 1.82) is 5.26 Å². The number of benzene rings is 1. The quantitative estimate of drug-likeness (QED) is 0.347. The first-order valence-electron chi connectivity index (χ1n) is 10.6. The molecule has 0 radical (unpaired) electrons. The smallest absolute Gasteiger partial charge is 0.259 e. The molecule has 5 N–H and O–H groups in total. The SMILES string of the molecule is N#Cc1cnc(Nc2cc(NCC3CCNCC3)c(C(=O)Nc3ccc(O)cc3)cn2)cn1. The average molecular weight is 444 g/mol. The Labute approximate surface area is 191 Å². The van der Waals surface area contributed by atoms with Crippen LogP contribution in [0.25, 0.3) is 0 Å². The highest BCUT2D eigenvalue weighted by molar-refractivity contribution is 6.08. The molecule has 0 saturated carbocycles. The molecule has 1 aliphatic rings. The molecule has 0 atom stereocenters. The summed E-state index contributed by atoms with van der Waals surface area (Å²) in [6, 6.07) is 9.96. The number of carbonyl (C=O) groups is 1. The Morgan fingerprint density at radius 1 is 1.09 bits per heavy atom. The molecule has 1 fully saturated rings. The lowest BCUT2D eigenvalue weighted by Gasteiger charge is -2.24. The van der Waals surface area contributed by atoms with E-state index < -0.39 is 0 Å². The van der Waals surface area contributed by atoms with Gasteiger partial charge in [0.1, 0.15) is 23.5 Å². The number of piperidine rings is 1. The van der Waals surface area contributed by atoms with Gasteiger partial charge in [0, 0.05) is 24.5 Å². The molecule has 1 aliphatic heterocycles. The molecule has 0 unspecified atom stereocenters. The van der Waals surface area contributed by atoms with E-state index in [1.165, 1.54) is 30.7 Å². The summed E-state index contributed by atoms with van der Waals surface area (Å²) in [5.41, 5.74) is 1.83. The van der Waals surface area contributed by atoms with Crippen LogP contribution in [0.2, 0.25) is 0 Å². The van der Waals surface area contributed by atoms with Gasteiger partial charge < -0.3 is 26.4 Å². The summed E-state index contributed by atoms with van der Waals surface area (Å²) in [6.07, 6.45) is 6.46. The first kappa shape index (κ1) is 22.0. The fourth-order valence-corrected chi connectivity index (χ4v) is 3.52. The van der Waals surface area contributed by atoms with Crippen molar-refractivity contribution in [3.05, 3.63) is 60.2 Å². The minimum Gasteiger partial charge on any atom is -0.508 e. The van der Waals surface area contributed by atoms with Crippen LogP contribution in [0.3, 0.4) is 0 Å². The Kier molecular flexibility index (Phi) is 6.92. The van der Waals surface area contributed by atoms with Gasteiger partial charge in [-0.2, -0.15) is 5.26 Å². The van der Waals surface area contributed by atoms with Crippen molar-refractivity contribution in [2.24, 2.45) is 5.92 Å². The van der Waals surface area contributed by atoms with Gasteiger partial charge in [0.25, 0.3) is 5.91 Å². The van der Waals surface area contributed by atoms with E-state index in [-0.39, 0.29) is 17.4 Å². The molecule has 10 heteroatoms. The van der Waals surface area contributed by atoms with Crippen molar-refractivity contribution in [2.75, 3.05) is 35.6 Å². The number of hydrogen-bond acceptors (Lipinski definition) is 9. The van der Waals surface area contributed by atoms with Crippen LogP contribution in [-0.4, -0.2) is 45.6 Å². The van der Waals surface area contributed by atoms with E-state index in [1.54, 1.807) is 18.2 Å². The Hall–Kier alpha value is -4.23. The second kappa shape index (κ2) is 10.4. The number of phenolic OH excluding ortho intramolecular Hbond substituents is 1. The molecule has 4 rings (SSSR count). The van der Waals surface area contributed by atoms with Gasteiger partial charge in [-0.25, -0.2) is 15.0 Å². The average Bonchev–Trinajstić information content (AvgIpc) is 2.85. The highest BCUT2D eigenvalue weighted by Crippen LogP contribution is 2.24. The Balaban J connectivity index is 1.54. The maximum Gasteiger partial charge on any atom is 0.259 e. The van der Waals surface area contributed by atoms with E-state index in [1.807, 2.05) is 6.07 Å². The molecule has 0 spiro atoms. The lowest BCUT2D eigenvalue weighted by Crippen LogP contribution is -2.31. The van der Waals surface area contributed by atoms with Crippen LogP contribution in [0.15, 0.2) is 48.9 Å². The molecule has 3 heterocycles. The Morgan fingerprint density at radius 2 is 1.85 bits per heavy atom. The Morgan fingerprint density at radius 3 is 2.55 bits per heavy atom. The molecule has 168 valence electrons. The molecule has 2 aromatic heterocycles. The normalized spacial score (nSPS) is 13.7. The predicted molar refractivity (Wildman–Crippen MR) is 124 cm³/mol. The summed E-state index contributed by atoms with van der Waals surface area (Å²) in [7, 11) is 0. The maximum atomic E-state index is 13.0. The molecular formula is C23H24N8O2. The van der Waals surface area contributed by atoms with Crippen molar-refractivity contribution in [3.8, 4) is 11.8 Å². The van der Waals surface area contributed by atoms with Gasteiger partial charge in [0.2, 0.25) is 0 Å². The second-order valence-electron chi connectivity index (χ2n) is 7.71. The molecule has 3 aromatic rings. The summed E-state index contributed by atoms with van der Waals surface area (Å²) in [5, 5.41) is 31.0. The molecule has 1 aromatic carbocycles. The number of nitrogens with zero attached hydrogens (tertiary/aromatic N) is 4. The number of aromatic hydroxyl groups is 1. The third-order valence-electron chi connectivity index (χ3n) is 5.34. The van der Waals surface area contributed by atoms with Gasteiger partial charge in [-0.15, -0.1) is 0 Å². The van der Waals surface area contributed by atoms with Crippen LogP contribution in [-0.2, 0) is 0 Å². The van der Waals surface area contributed by atoms with Gasteiger partial charge in [-0.1, -0.05) is 0 Å². The standard InChI is InChI=1S/C23H24N8O2/c24-10-17-12-28-22(14-26-17)31-21-9-20(27-11-15-5-7-25-8-6-15)19(13-29-21)23(33)30-16-1-3-18(32)4-2-16/h1-4,9,12-15,25,32H,5-8,11H2,(H,30,33)(H2,27,28,29,31). The first-order chi connectivity index (χ1) is 16.1. The van der Waals surface area contributed by atoms with E-state index >= 15 is 0 Å². The zero-order valence-electron chi connectivity index (χ0n) is 17.9. The number of rotatable bonds is 7. The van der Waals surface area contributed by atoms with Crippen LogP contribution >= 0.6 is 0 Å². The van der Waals surface area contributed by atoms with E-state index in [9.17, 15) is 9.90 Å². The minimum atomic E-state index is -0.314. The number of carbonyl (C=O) groups excluding carboxylic acids is 1. The first-order valence-corrected chi connectivity index (χ1v) is 10.6. The number of amides is 1. The van der Waals surface area contributed by atoms with E-state index in [4.69, 9.17) is 5.26 Å². The summed E-state index contributed by atoms with van der Waals surface area (Å²) < 4.78 is 0. The molecule has 1 saturated heterocycles. The van der Waals surface area contributed by atoms with E-state index in [2.05, 4.69) is 36.2 Å². The number of nitriles is 1. The largest absolute Gasteiger partial charge is 0.508 e. The predicted octanol–water partition coefficient (Wildman–Crippen LogP) is 2.86. The van der Waals surface area contributed by atoms with Crippen LogP contribution in [0.5, 0.6) is 5.75 Å². The lowest BCUT2D eigenvalue weighted by molar-refractivity contribution is 0.102. The third-order valence-corrected chi connectivity index (χ3v) is 5.34. The second-order valence-corrected chi connectivity index (χ2v) is 7.71. The molecule has 1 amide bonds. The van der Waals surface area contributed by atoms with Gasteiger partial charge >= 0.3 is 0 Å². The highest BCUT2D eigenvalue weighted by Gasteiger charge is 2.17. The van der Waals surface area contributed by atoms with Crippen molar-refractivity contribution in [2.45, 2.75) is 12.8 Å². The number of hydrogen-bond donors (Lipinski definition) is 5. The van der Waals surface area contributed by atoms with Gasteiger partial charge in [0.05, 0.1) is 23.6 Å². The van der Waals surface area contributed by atoms with Gasteiger partial charge in [0.15, 0.2) is 5.69 Å². The topological polar surface area (TPSA) is 148 Å². The molecular weight excluding hydrogens is 420 g/mol. The van der Waals surface area contributed by atoms with Crippen molar-refractivity contribution < 1.29 is 9.90 Å². The van der Waals surface area contributed by atoms with Crippen LogP contribution in [0.4, 0.5) is 23.0 Å². The molecule has 10 nitrogen and oxygen atoms in total. The van der Waals surface area contributed by atoms with Gasteiger partial charge in [-0.05, 0) is 56.1 Å². The van der Waals surface area contributed by atoms with Crippen molar-refractivity contribution in [3.63, 3.8) is 0 Å². The highest BCUT2D eigenvalue weighted by atomic mass is 16.3. The van der Waals surface area contributed by atoms with Crippen LogP contribution in [0.1, 0.15) is 28.9 Å². The summed E-state index contributed by atoms with van der Waals surface area (Å²) in [4.78, 5) is 25.5.